The Morgan fingerprint density at radius 2 is 2.33 bits per heavy atom. The molecule has 1 aliphatic rings. The summed E-state index contributed by atoms with van der Waals surface area (Å²) in [5.41, 5.74) is 1.20. The van der Waals surface area contributed by atoms with Crippen LogP contribution in [0.25, 0.3) is 0 Å². The number of nitro benzene ring substituents is 1. The largest absolute Gasteiger partial charge is 0.298 e. The van der Waals surface area contributed by atoms with Crippen LogP contribution in [0.5, 0.6) is 0 Å². The first-order valence-corrected chi connectivity index (χ1v) is 8.65. The first kappa shape index (κ1) is 16.5. The van der Waals surface area contributed by atoms with Crippen LogP contribution in [0.15, 0.2) is 24.3 Å². The minimum Gasteiger partial charge on any atom is -0.298 e. The predicted octanol–water partition coefficient (Wildman–Crippen LogP) is 3.07. The van der Waals surface area contributed by atoms with E-state index in [0.717, 1.165) is 38.2 Å². The standard InChI is InChI=1S/C16H18N4O3S/c1-2-7-19-8-6-13-14(10-19)24-16(17-13)18-15(21)11-4-3-5-12(9-11)20(22)23/h3-5,9H,2,6-8,10H2,1H3,(H,17,18,21). The highest BCUT2D eigenvalue weighted by atomic mass is 32.1. The molecule has 0 fully saturated rings. The molecule has 1 aromatic heterocycles. The Morgan fingerprint density at radius 1 is 1.50 bits per heavy atom. The maximum absolute atomic E-state index is 12.3. The summed E-state index contributed by atoms with van der Waals surface area (Å²) in [5.74, 6) is -0.379. The highest BCUT2D eigenvalue weighted by Gasteiger charge is 2.21. The number of amides is 1. The van der Waals surface area contributed by atoms with Gasteiger partial charge >= 0.3 is 0 Å². The van der Waals surface area contributed by atoms with Crippen molar-refractivity contribution in [3.8, 4) is 0 Å². The van der Waals surface area contributed by atoms with Gasteiger partial charge in [-0.25, -0.2) is 4.98 Å². The highest BCUT2D eigenvalue weighted by molar-refractivity contribution is 7.15. The zero-order chi connectivity index (χ0) is 17.1. The summed E-state index contributed by atoms with van der Waals surface area (Å²) in [6, 6.07) is 5.69. The number of benzene rings is 1. The number of aromatic nitrogens is 1. The van der Waals surface area contributed by atoms with Crippen molar-refractivity contribution >= 4 is 28.1 Å². The third-order valence-electron chi connectivity index (χ3n) is 3.89. The van der Waals surface area contributed by atoms with Crippen LogP contribution in [0.3, 0.4) is 0 Å². The van der Waals surface area contributed by atoms with Crippen LogP contribution in [-0.4, -0.2) is 33.8 Å². The molecule has 1 aliphatic heterocycles. The van der Waals surface area contributed by atoms with Crippen molar-refractivity contribution in [2.45, 2.75) is 26.3 Å². The Labute approximate surface area is 143 Å². The molecular weight excluding hydrogens is 328 g/mol. The van der Waals surface area contributed by atoms with Crippen LogP contribution in [0.4, 0.5) is 10.8 Å². The molecule has 2 heterocycles. The van der Waals surface area contributed by atoms with Gasteiger partial charge in [-0.2, -0.15) is 0 Å². The molecule has 0 spiro atoms. The lowest BCUT2D eigenvalue weighted by atomic mass is 10.2. The van der Waals surface area contributed by atoms with E-state index >= 15 is 0 Å². The van der Waals surface area contributed by atoms with Crippen LogP contribution >= 0.6 is 11.3 Å². The van der Waals surface area contributed by atoms with Crippen molar-refractivity contribution in [2.24, 2.45) is 0 Å². The van der Waals surface area contributed by atoms with E-state index in [9.17, 15) is 14.9 Å². The molecule has 0 bridgehead atoms. The average Bonchev–Trinajstić information content (AvgIpc) is 2.96. The van der Waals surface area contributed by atoms with Gasteiger partial charge in [0.05, 0.1) is 10.6 Å². The highest BCUT2D eigenvalue weighted by Crippen LogP contribution is 2.28. The van der Waals surface area contributed by atoms with Gasteiger partial charge in [0.15, 0.2) is 5.13 Å². The zero-order valence-electron chi connectivity index (χ0n) is 13.3. The van der Waals surface area contributed by atoms with Crippen molar-refractivity contribution in [1.82, 2.24) is 9.88 Å². The number of hydrogen-bond acceptors (Lipinski definition) is 6. The van der Waals surface area contributed by atoms with Crippen molar-refractivity contribution in [2.75, 3.05) is 18.4 Å². The Kier molecular flexibility index (Phi) is 4.86. The molecule has 0 radical (unpaired) electrons. The minimum absolute atomic E-state index is 0.101. The number of rotatable bonds is 5. The summed E-state index contributed by atoms with van der Waals surface area (Å²) < 4.78 is 0. The Hall–Kier alpha value is -2.32. The number of hydrogen-bond donors (Lipinski definition) is 1. The van der Waals surface area contributed by atoms with Gasteiger partial charge in [-0.15, -0.1) is 11.3 Å². The Balaban J connectivity index is 1.72. The summed E-state index contributed by atoms with van der Waals surface area (Å²) in [6.07, 6.45) is 2.00. The molecule has 1 aromatic carbocycles. The van der Waals surface area contributed by atoms with Crippen molar-refractivity contribution < 1.29 is 9.72 Å². The van der Waals surface area contributed by atoms with Crippen LogP contribution in [0.2, 0.25) is 0 Å². The number of fused-ring (bicyclic) bond motifs is 1. The van der Waals surface area contributed by atoms with E-state index in [2.05, 4.69) is 22.1 Å². The number of anilines is 1. The molecule has 0 atom stereocenters. The summed E-state index contributed by atoms with van der Waals surface area (Å²) in [5, 5.41) is 14.1. The monoisotopic (exact) mass is 346 g/mol. The molecular formula is C16H18N4O3S. The lowest BCUT2D eigenvalue weighted by Gasteiger charge is -2.24. The normalized spacial score (nSPS) is 14.2. The summed E-state index contributed by atoms with van der Waals surface area (Å²) in [6.45, 7) is 5.08. The van der Waals surface area contributed by atoms with Gasteiger partial charge < -0.3 is 0 Å². The number of carbonyl (C=O) groups is 1. The SMILES string of the molecule is CCCN1CCc2nc(NC(=O)c3cccc([N+](=O)[O-])c3)sc2C1. The zero-order valence-corrected chi connectivity index (χ0v) is 14.1. The van der Waals surface area contributed by atoms with E-state index in [0.29, 0.717) is 5.13 Å². The molecule has 126 valence electrons. The molecule has 2 aromatic rings. The molecule has 0 aliphatic carbocycles. The number of thiazole rings is 1. The fourth-order valence-electron chi connectivity index (χ4n) is 2.74. The first-order valence-electron chi connectivity index (χ1n) is 7.83. The van der Waals surface area contributed by atoms with Gasteiger partial charge in [0.25, 0.3) is 11.6 Å². The molecule has 0 saturated carbocycles. The van der Waals surface area contributed by atoms with Gasteiger partial charge in [-0.05, 0) is 19.0 Å². The van der Waals surface area contributed by atoms with E-state index in [4.69, 9.17) is 0 Å². The summed E-state index contributed by atoms with van der Waals surface area (Å²) >= 11 is 1.48. The molecule has 1 N–H and O–H groups in total. The second-order valence-electron chi connectivity index (χ2n) is 5.68. The van der Waals surface area contributed by atoms with E-state index in [1.807, 2.05) is 0 Å². The quantitative estimate of drug-likeness (QED) is 0.664. The third-order valence-corrected chi connectivity index (χ3v) is 4.89. The number of nitrogens with zero attached hydrogens (tertiary/aromatic N) is 3. The van der Waals surface area contributed by atoms with Crippen LogP contribution in [0, 0.1) is 10.1 Å². The van der Waals surface area contributed by atoms with Crippen LogP contribution < -0.4 is 5.32 Å². The molecule has 1 amide bonds. The predicted molar refractivity (Wildman–Crippen MR) is 92.4 cm³/mol. The Bertz CT molecular complexity index is 774. The topological polar surface area (TPSA) is 88.4 Å². The molecule has 7 nitrogen and oxygen atoms in total. The van der Waals surface area contributed by atoms with E-state index in [1.54, 1.807) is 6.07 Å². The number of nitrogens with one attached hydrogen (secondary N) is 1. The average molecular weight is 346 g/mol. The molecule has 8 heteroatoms. The number of non-ortho nitro benzene ring substituents is 1. The van der Waals surface area contributed by atoms with E-state index in [1.165, 1.54) is 34.4 Å². The van der Waals surface area contributed by atoms with Gasteiger partial charge in [0, 0.05) is 42.1 Å². The second kappa shape index (κ2) is 7.06. The van der Waals surface area contributed by atoms with Crippen molar-refractivity contribution in [3.05, 3.63) is 50.5 Å². The molecule has 24 heavy (non-hydrogen) atoms. The fourth-order valence-corrected chi connectivity index (χ4v) is 3.78. The van der Waals surface area contributed by atoms with Gasteiger partial charge in [0.1, 0.15) is 0 Å². The first-order chi connectivity index (χ1) is 11.6. The van der Waals surface area contributed by atoms with Gasteiger partial charge in [0.2, 0.25) is 0 Å². The lowest BCUT2D eigenvalue weighted by molar-refractivity contribution is -0.384. The van der Waals surface area contributed by atoms with Crippen LogP contribution in [-0.2, 0) is 13.0 Å². The maximum atomic E-state index is 12.3. The van der Waals surface area contributed by atoms with Gasteiger partial charge in [-0.1, -0.05) is 13.0 Å². The molecule has 3 rings (SSSR count). The minimum atomic E-state index is -0.513. The number of nitro groups is 1. The van der Waals surface area contributed by atoms with Crippen LogP contribution in [0.1, 0.15) is 34.3 Å². The van der Waals surface area contributed by atoms with E-state index < -0.39 is 4.92 Å². The summed E-state index contributed by atoms with van der Waals surface area (Å²) in [4.78, 5) is 30.6. The van der Waals surface area contributed by atoms with Gasteiger partial charge in [-0.3, -0.25) is 25.1 Å². The second-order valence-corrected chi connectivity index (χ2v) is 6.76. The van der Waals surface area contributed by atoms with E-state index in [-0.39, 0.29) is 17.2 Å². The lowest BCUT2D eigenvalue weighted by Crippen LogP contribution is -2.30. The molecule has 0 saturated heterocycles. The number of carbonyl (C=O) groups excluding carboxylic acids is 1. The smallest absolute Gasteiger partial charge is 0.270 e. The van der Waals surface area contributed by atoms with Crippen molar-refractivity contribution in [1.29, 1.82) is 0 Å². The van der Waals surface area contributed by atoms with Crippen molar-refractivity contribution in [3.63, 3.8) is 0 Å². The third kappa shape index (κ3) is 3.60. The Morgan fingerprint density at radius 3 is 3.08 bits per heavy atom. The molecule has 0 unspecified atom stereocenters. The fraction of sp³-hybridized carbons (Fsp3) is 0.375. The summed E-state index contributed by atoms with van der Waals surface area (Å²) in [7, 11) is 0. The maximum Gasteiger partial charge on any atom is 0.270 e.